The Kier molecular flexibility index (Phi) is 8.24. The van der Waals surface area contributed by atoms with Gasteiger partial charge < -0.3 is 38.7 Å². The molecule has 1 aromatic heterocycles. The van der Waals surface area contributed by atoms with Gasteiger partial charge in [-0.1, -0.05) is 12.8 Å². The zero-order valence-electron chi connectivity index (χ0n) is 16.5. The van der Waals surface area contributed by atoms with Crippen molar-refractivity contribution in [1.82, 2.24) is 4.98 Å². The van der Waals surface area contributed by atoms with E-state index in [1.165, 1.54) is 0 Å². The van der Waals surface area contributed by atoms with E-state index in [4.69, 9.17) is 28.0 Å². The number of nitrogens with two attached hydrogens (primary N) is 3. The SMILES string of the molecule is N=CC=N.NC(=O)c1cc(F)c(NC2CCCCC2N)nc1Nc1ccc(N)cc1. The number of carbonyl (C=O) groups is 1. The molecule has 1 saturated carbocycles. The molecule has 0 saturated heterocycles. The molecule has 10 heteroatoms. The fourth-order valence-corrected chi connectivity index (χ4v) is 3.09. The highest BCUT2D eigenvalue weighted by Gasteiger charge is 2.24. The fourth-order valence-electron chi connectivity index (χ4n) is 3.09. The number of pyridine rings is 1. The molecular weight excluding hydrogens is 387 g/mol. The third-order valence-corrected chi connectivity index (χ3v) is 4.64. The molecule has 2 aromatic rings. The molecular formula is C20H27FN8O. The van der Waals surface area contributed by atoms with Gasteiger partial charge in [0.05, 0.1) is 5.56 Å². The minimum Gasteiger partial charge on any atom is -0.399 e. The maximum absolute atomic E-state index is 14.4. The minimum atomic E-state index is -0.768. The first kappa shape index (κ1) is 22.8. The zero-order valence-corrected chi connectivity index (χ0v) is 16.5. The second-order valence-electron chi connectivity index (χ2n) is 6.86. The Labute approximate surface area is 174 Å². The number of hydrogen-bond donors (Lipinski definition) is 7. The molecule has 2 atom stereocenters. The summed E-state index contributed by atoms with van der Waals surface area (Å²) in [6, 6.07) is 7.84. The summed E-state index contributed by atoms with van der Waals surface area (Å²) >= 11 is 0. The van der Waals surface area contributed by atoms with Crippen LogP contribution in [-0.4, -0.2) is 35.4 Å². The summed E-state index contributed by atoms with van der Waals surface area (Å²) in [5, 5.41) is 18.2. The number of rotatable bonds is 6. The van der Waals surface area contributed by atoms with Gasteiger partial charge in [-0.25, -0.2) is 9.37 Å². The molecule has 1 heterocycles. The van der Waals surface area contributed by atoms with E-state index >= 15 is 0 Å². The van der Waals surface area contributed by atoms with E-state index in [0.29, 0.717) is 11.4 Å². The second kappa shape index (κ2) is 10.9. The van der Waals surface area contributed by atoms with Gasteiger partial charge in [-0.3, -0.25) is 4.79 Å². The molecule has 1 amide bonds. The summed E-state index contributed by atoms with van der Waals surface area (Å²) in [6.07, 6.45) is 5.67. The topological polar surface area (TPSA) is 180 Å². The molecule has 160 valence electrons. The molecule has 9 nitrogen and oxygen atoms in total. The predicted molar refractivity (Wildman–Crippen MR) is 118 cm³/mol. The lowest BCUT2D eigenvalue weighted by atomic mass is 9.91. The van der Waals surface area contributed by atoms with Crippen LogP contribution in [0.5, 0.6) is 0 Å². The van der Waals surface area contributed by atoms with Crippen molar-refractivity contribution in [2.45, 2.75) is 37.8 Å². The first-order valence-corrected chi connectivity index (χ1v) is 9.50. The Morgan fingerprint density at radius 3 is 2.33 bits per heavy atom. The van der Waals surface area contributed by atoms with Crippen molar-refractivity contribution in [2.75, 3.05) is 16.4 Å². The van der Waals surface area contributed by atoms with Crippen LogP contribution in [-0.2, 0) is 0 Å². The van der Waals surface area contributed by atoms with E-state index in [2.05, 4.69) is 15.6 Å². The zero-order chi connectivity index (χ0) is 22.1. The van der Waals surface area contributed by atoms with Gasteiger partial charge in [0.2, 0.25) is 0 Å². The molecule has 0 spiro atoms. The Balaban J connectivity index is 0.000000735. The number of halogens is 1. The third-order valence-electron chi connectivity index (χ3n) is 4.64. The lowest BCUT2D eigenvalue weighted by molar-refractivity contribution is 0.100. The van der Waals surface area contributed by atoms with E-state index in [0.717, 1.165) is 44.2 Å². The van der Waals surface area contributed by atoms with Crippen LogP contribution in [0, 0.1) is 16.6 Å². The van der Waals surface area contributed by atoms with Gasteiger partial charge in [-0.05, 0) is 43.2 Å². The Hall–Kier alpha value is -3.53. The van der Waals surface area contributed by atoms with Crippen LogP contribution in [0.15, 0.2) is 30.3 Å². The standard InChI is InChI=1S/C18H23FN6O.C2H4N2/c19-13-9-12(16(22)26)17(23-11-7-5-10(20)6-8-11)25-18(13)24-15-4-2-1-3-14(15)21;3-1-2-4/h5-9,14-15H,1-4,20-21H2,(H2,22,26)(H2,23,24,25);1-4H. The van der Waals surface area contributed by atoms with Gasteiger partial charge in [-0.15, -0.1) is 0 Å². The summed E-state index contributed by atoms with van der Waals surface area (Å²) in [5.74, 6) is -1.18. The van der Waals surface area contributed by atoms with Crippen molar-refractivity contribution >= 4 is 41.3 Å². The molecule has 0 radical (unpaired) electrons. The molecule has 2 unspecified atom stereocenters. The molecule has 30 heavy (non-hydrogen) atoms. The number of primary amides is 1. The van der Waals surface area contributed by atoms with Crippen molar-refractivity contribution in [2.24, 2.45) is 11.5 Å². The van der Waals surface area contributed by atoms with Crippen LogP contribution in [0.4, 0.5) is 27.4 Å². The number of amides is 1. The molecule has 1 aromatic carbocycles. The third kappa shape index (κ3) is 6.24. The monoisotopic (exact) mass is 414 g/mol. The van der Waals surface area contributed by atoms with Gasteiger partial charge >= 0.3 is 0 Å². The Morgan fingerprint density at radius 2 is 1.77 bits per heavy atom. The van der Waals surface area contributed by atoms with Crippen molar-refractivity contribution in [1.29, 1.82) is 10.8 Å². The normalized spacial score (nSPS) is 17.8. The van der Waals surface area contributed by atoms with Crippen LogP contribution in [0.2, 0.25) is 0 Å². The van der Waals surface area contributed by atoms with E-state index in [9.17, 15) is 9.18 Å². The summed E-state index contributed by atoms with van der Waals surface area (Å²) in [4.78, 5) is 15.9. The van der Waals surface area contributed by atoms with E-state index < -0.39 is 11.7 Å². The molecule has 1 aliphatic rings. The smallest absolute Gasteiger partial charge is 0.252 e. The van der Waals surface area contributed by atoms with Gasteiger partial charge in [0.25, 0.3) is 5.91 Å². The quantitative estimate of drug-likeness (QED) is 0.282. The molecule has 0 aliphatic heterocycles. The number of nitrogens with one attached hydrogen (secondary N) is 4. The minimum absolute atomic E-state index is 0.0298. The molecule has 10 N–H and O–H groups in total. The van der Waals surface area contributed by atoms with Gasteiger partial charge in [0.1, 0.15) is 5.82 Å². The Bertz CT molecular complexity index is 881. The average molecular weight is 414 g/mol. The highest BCUT2D eigenvalue weighted by Crippen LogP contribution is 2.27. The number of hydrogen-bond acceptors (Lipinski definition) is 8. The Morgan fingerprint density at radius 1 is 1.13 bits per heavy atom. The number of anilines is 4. The fraction of sp³-hybridized carbons (Fsp3) is 0.300. The van der Waals surface area contributed by atoms with E-state index in [-0.39, 0.29) is 29.3 Å². The van der Waals surface area contributed by atoms with Crippen LogP contribution >= 0.6 is 0 Å². The van der Waals surface area contributed by atoms with E-state index in [1.807, 2.05) is 0 Å². The highest BCUT2D eigenvalue weighted by molar-refractivity contribution is 6.12. The summed E-state index contributed by atoms with van der Waals surface area (Å²) in [5.41, 5.74) is 18.4. The van der Waals surface area contributed by atoms with Crippen molar-refractivity contribution < 1.29 is 9.18 Å². The van der Waals surface area contributed by atoms with Crippen LogP contribution in [0.3, 0.4) is 0 Å². The van der Waals surface area contributed by atoms with Crippen LogP contribution in [0.25, 0.3) is 0 Å². The number of nitrogen functional groups attached to an aromatic ring is 1. The maximum atomic E-state index is 14.4. The summed E-state index contributed by atoms with van der Waals surface area (Å²) in [7, 11) is 0. The van der Waals surface area contributed by atoms with Crippen LogP contribution in [0.1, 0.15) is 36.0 Å². The first-order chi connectivity index (χ1) is 14.3. The first-order valence-electron chi connectivity index (χ1n) is 9.50. The number of aromatic nitrogens is 1. The molecule has 1 aliphatic carbocycles. The van der Waals surface area contributed by atoms with Crippen molar-refractivity contribution in [3.05, 3.63) is 41.7 Å². The molecule has 0 bridgehead atoms. The number of benzene rings is 1. The van der Waals surface area contributed by atoms with Crippen molar-refractivity contribution in [3.63, 3.8) is 0 Å². The van der Waals surface area contributed by atoms with Gasteiger partial charge in [0, 0.05) is 35.9 Å². The average Bonchev–Trinajstić information content (AvgIpc) is 2.73. The molecule has 3 rings (SSSR count). The highest BCUT2D eigenvalue weighted by atomic mass is 19.1. The predicted octanol–water partition coefficient (Wildman–Crippen LogP) is 2.61. The largest absolute Gasteiger partial charge is 0.399 e. The van der Waals surface area contributed by atoms with Crippen LogP contribution < -0.4 is 27.8 Å². The van der Waals surface area contributed by atoms with Gasteiger partial charge in [0.15, 0.2) is 11.6 Å². The summed E-state index contributed by atoms with van der Waals surface area (Å²) in [6.45, 7) is 0. The maximum Gasteiger partial charge on any atom is 0.252 e. The van der Waals surface area contributed by atoms with Gasteiger partial charge in [-0.2, -0.15) is 0 Å². The van der Waals surface area contributed by atoms with E-state index in [1.54, 1.807) is 24.3 Å². The van der Waals surface area contributed by atoms with Crippen molar-refractivity contribution in [3.8, 4) is 0 Å². The molecule has 1 fully saturated rings. The lowest BCUT2D eigenvalue weighted by Crippen LogP contribution is -2.43. The number of carbonyl (C=O) groups excluding carboxylic acids is 1. The number of nitrogens with zero attached hydrogens (tertiary/aromatic N) is 1. The lowest BCUT2D eigenvalue weighted by Gasteiger charge is -2.30. The summed E-state index contributed by atoms with van der Waals surface area (Å²) < 4.78 is 14.4. The second-order valence-corrected chi connectivity index (χ2v) is 6.86.